The molecule has 0 aromatic carbocycles. The molecule has 2 heterocycles. The van der Waals surface area contributed by atoms with Gasteiger partial charge in [-0.05, 0) is 27.4 Å². The summed E-state index contributed by atoms with van der Waals surface area (Å²) in [5, 5.41) is 3.07. The number of hydrogen-bond acceptors (Lipinski definition) is 7. The van der Waals surface area contributed by atoms with Crippen molar-refractivity contribution in [2.45, 2.75) is 13.3 Å². The van der Waals surface area contributed by atoms with E-state index in [2.05, 4.69) is 30.2 Å². The van der Waals surface area contributed by atoms with Gasteiger partial charge in [0, 0.05) is 25.5 Å². The predicted octanol–water partition coefficient (Wildman–Crippen LogP) is 0.820. The molecule has 2 rings (SSSR count). The summed E-state index contributed by atoms with van der Waals surface area (Å²) in [4.78, 5) is 19.0. The van der Waals surface area contributed by atoms with Crippen molar-refractivity contribution in [3.05, 3.63) is 18.7 Å². The van der Waals surface area contributed by atoms with Crippen molar-refractivity contribution in [1.82, 2.24) is 29.4 Å². The highest BCUT2D eigenvalue weighted by Crippen LogP contribution is 2.11. The Morgan fingerprint density at radius 2 is 2.14 bits per heavy atom. The van der Waals surface area contributed by atoms with Crippen LogP contribution in [0.3, 0.4) is 0 Å². The first-order valence-corrected chi connectivity index (χ1v) is 6.95. The second-order valence-electron chi connectivity index (χ2n) is 4.75. The molecule has 8 nitrogen and oxygen atoms in total. The fourth-order valence-corrected chi connectivity index (χ4v) is 1.68. The highest BCUT2D eigenvalue weighted by molar-refractivity contribution is 5.30. The molecule has 0 aliphatic carbocycles. The maximum Gasteiger partial charge on any atom is 0.323 e. The lowest BCUT2D eigenvalue weighted by molar-refractivity contribution is 0.263. The van der Waals surface area contributed by atoms with Gasteiger partial charge in [-0.2, -0.15) is 15.0 Å². The molecular weight excluding hydrogens is 270 g/mol. The molecule has 114 valence electrons. The van der Waals surface area contributed by atoms with E-state index in [1.54, 1.807) is 23.3 Å². The molecule has 21 heavy (non-hydrogen) atoms. The van der Waals surface area contributed by atoms with Gasteiger partial charge in [-0.15, -0.1) is 0 Å². The first-order chi connectivity index (χ1) is 10.2. The zero-order chi connectivity index (χ0) is 15.1. The van der Waals surface area contributed by atoms with Crippen molar-refractivity contribution >= 4 is 5.95 Å². The molecule has 0 atom stereocenters. The number of anilines is 1. The van der Waals surface area contributed by atoms with E-state index in [4.69, 9.17) is 4.74 Å². The largest absolute Gasteiger partial charge is 0.463 e. The molecular formula is C13H21N7O. The molecule has 0 saturated carbocycles. The van der Waals surface area contributed by atoms with Crippen LogP contribution in [-0.4, -0.2) is 63.2 Å². The van der Waals surface area contributed by atoms with Crippen LogP contribution in [0.15, 0.2) is 18.7 Å². The van der Waals surface area contributed by atoms with Crippen LogP contribution in [0.5, 0.6) is 6.01 Å². The summed E-state index contributed by atoms with van der Waals surface area (Å²) in [6.07, 6.45) is 6.01. The lowest BCUT2D eigenvalue weighted by Gasteiger charge is -2.11. The van der Waals surface area contributed by atoms with Gasteiger partial charge in [0.2, 0.25) is 11.9 Å². The first-order valence-electron chi connectivity index (χ1n) is 6.95. The first kappa shape index (κ1) is 15.2. The molecule has 0 amide bonds. The van der Waals surface area contributed by atoms with Gasteiger partial charge in [0.25, 0.3) is 0 Å². The minimum Gasteiger partial charge on any atom is -0.463 e. The van der Waals surface area contributed by atoms with Crippen LogP contribution >= 0.6 is 0 Å². The van der Waals surface area contributed by atoms with Gasteiger partial charge in [0.15, 0.2) is 0 Å². The van der Waals surface area contributed by atoms with E-state index in [9.17, 15) is 0 Å². The maximum absolute atomic E-state index is 5.62. The van der Waals surface area contributed by atoms with Crippen molar-refractivity contribution in [3.63, 3.8) is 0 Å². The van der Waals surface area contributed by atoms with Crippen LogP contribution in [0.2, 0.25) is 0 Å². The van der Waals surface area contributed by atoms with Crippen LogP contribution in [0.1, 0.15) is 13.3 Å². The molecule has 0 bridgehead atoms. The van der Waals surface area contributed by atoms with E-state index >= 15 is 0 Å². The summed E-state index contributed by atoms with van der Waals surface area (Å²) in [5.41, 5.74) is 0. The van der Waals surface area contributed by atoms with Crippen LogP contribution in [0, 0.1) is 0 Å². The van der Waals surface area contributed by atoms with E-state index < -0.39 is 0 Å². The Bertz CT molecular complexity index is 541. The van der Waals surface area contributed by atoms with E-state index in [1.165, 1.54) is 0 Å². The van der Waals surface area contributed by atoms with Gasteiger partial charge in [-0.1, -0.05) is 0 Å². The molecule has 0 fully saturated rings. The van der Waals surface area contributed by atoms with Gasteiger partial charge in [-0.25, -0.2) is 4.98 Å². The Kier molecular flexibility index (Phi) is 5.44. The van der Waals surface area contributed by atoms with Crippen molar-refractivity contribution in [1.29, 1.82) is 0 Å². The zero-order valence-electron chi connectivity index (χ0n) is 12.7. The Morgan fingerprint density at radius 1 is 1.29 bits per heavy atom. The number of rotatable bonds is 8. The van der Waals surface area contributed by atoms with Crippen LogP contribution < -0.4 is 10.1 Å². The molecule has 0 aliphatic rings. The summed E-state index contributed by atoms with van der Waals surface area (Å²) in [6, 6.07) is 0.323. The number of imidazole rings is 1. The van der Waals surface area contributed by atoms with E-state index in [-0.39, 0.29) is 0 Å². The quantitative estimate of drug-likeness (QED) is 0.721. The normalized spacial score (nSPS) is 10.9. The Morgan fingerprint density at radius 3 is 2.81 bits per heavy atom. The van der Waals surface area contributed by atoms with E-state index in [1.807, 2.05) is 21.0 Å². The zero-order valence-corrected chi connectivity index (χ0v) is 12.7. The summed E-state index contributed by atoms with van der Waals surface area (Å²) < 4.78 is 7.34. The Hall–Kier alpha value is -2.22. The third kappa shape index (κ3) is 4.67. The maximum atomic E-state index is 5.62. The second kappa shape index (κ2) is 7.53. The molecule has 0 unspecified atom stereocenters. The van der Waals surface area contributed by atoms with Crippen molar-refractivity contribution < 1.29 is 4.74 Å². The fourth-order valence-electron chi connectivity index (χ4n) is 1.68. The van der Waals surface area contributed by atoms with Crippen molar-refractivity contribution in [3.8, 4) is 12.0 Å². The summed E-state index contributed by atoms with van der Waals surface area (Å²) >= 11 is 0. The van der Waals surface area contributed by atoms with Gasteiger partial charge in [0.1, 0.15) is 6.33 Å². The van der Waals surface area contributed by atoms with Crippen LogP contribution in [0.4, 0.5) is 5.95 Å². The van der Waals surface area contributed by atoms with Gasteiger partial charge in [0.05, 0.1) is 6.61 Å². The number of aromatic nitrogens is 5. The monoisotopic (exact) mass is 291 g/mol. The Balaban J connectivity index is 2.08. The smallest absolute Gasteiger partial charge is 0.323 e. The molecule has 8 heteroatoms. The molecule has 0 spiro atoms. The van der Waals surface area contributed by atoms with Gasteiger partial charge >= 0.3 is 6.01 Å². The average molecular weight is 291 g/mol. The number of nitrogens with one attached hydrogen (secondary N) is 1. The van der Waals surface area contributed by atoms with Crippen LogP contribution in [0.25, 0.3) is 5.95 Å². The topological polar surface area (TPSA) is 81.0 Å². The lowest BCUT2D eigenvalue weighted by Crippen LogP contribution is -2.16. The predicted molar refractivity (Wildman–Crippen MR) is 79.8 cm³/mol. The van der Waals surface area contributed by atoms with Crippen molar-refractivity contribution in [2.75, 3.05) is 39.1 Å². The average Bonchev–Trinajstić information content (AvgIpc) is 2.98. The summed E-state index contributed by atoms with van der Waals surface area (Å²) in [7, 11) is 4.06. The van der Waals surface area contributed by atoms with E-state index in [0.717, 1.165) is 19.5 Å². The minimum atomic E-state index is 0.323. The lowest BCUT2D eigenvalue weighted by atomic mass is 10.4. The third-order valence-corrected chi connectivity index (χ3v) is 2.65. The number of nitrogens with zero attached hydrogens (tertiary/aromatic N) is 6. The highest BCUT2D eigenvalue weighted by Gasteiger charge is 2.08. The van der Waals surface area contributed by atoms with Gasteiger partial charge < -0.3 is 15.0 Å². The molecule has 0 saturated heterocycles. The second-order valence-corrected chi connectivity index (χ2v) is 4.75. The van der Waals surface area contributed by atoms with E-state index in [0.29, 0.717) is 24.5 Å². The number of hydrogen-bond donors (Lipinski definition) is 1. The fraction of sp³-hybridized carbons (Fsp3) is 0.538. The van der Waals surface area contributed by atoms with Gasteiger partial charge in [-0.3, -0.25) is 4.57 Å². The van der Waals surface area contributed by atoms with Crippen LogP contribution in [-0.2, 0) is 0 Å². The standard InChI is InChI=1S/C13H21N7O/c1-4-15-11-16-12(20-8-6-14-10-20)18-13(17-11)21-9-5-7-19(2)3/h6,8,10H,4-5,7,9H2,1-3H3,(H,15,16,17,18). The Labute approximate surface area is 124 Å². The molecule has 0 aliphatic heterocycles. The molecule has 1 N–H and O–H groups in total. The minimum absolute atomic E-state index is 0.323. The SMILES string of the molecule is CCNc1nc(OCCCN(C)C)nc(-n2ccnc2)n1. The molecule has 0 radical (unpaired) electrons. The summed E-state index contributed by atoms with van der Waals surface area (Å²) in [6.45, 7) is 4.24. The molecule has 2 aromatic heterocycles. The summed E-state index contributed by atoms with van der Waals surface area (Å²) in [5.74, 6) is 0.986. The van der Waals surface area contributed by atoms with Crippen molar-refractivity contribution in [2.24, 2.45) is 0 Å². The third-order valence-electron chi connectivity index (χ3n) is 2.65. The highest BCUT2D eigenvalue weighted by atomic mass is 16.5. The molecule has 2 aromatic rings. The number of ether oxygens (including phenoxy) is 1.